The van der Waals surface area contributed by atoms with Crippen LogP contribution in [0.4, 0.5) is 0 Å². The fourth-order valence-electron chi connectivity index (χ4n) is 3.11. The lowest BCUT2D eigenvalue weighted by molar-refractivity contribution is -0.132. The number of carbonyl (C=O) groups excluding carboxylic acids is 1. The van der Waals surface area contributed by atoms with Gasteiger partial charge in [-0.25, -0.2) is 0 Å². The number of nitrogens with zero attached hydrogens (tertiary/aromatic N) is 3. The lowest BCUT2D eigenvalue weighted by Gasteiger charge is -2.25. The largest absolute Gasteiger partial charge is 0.493 e. The molecule has 1 amide bonds. The van der Waals surface area contributed by atoms with Gasteiger partial charge < -0.3 is 14.4 Å². The Morgan fingerprint density at radius 3 is 2.88 bits per heavy atom. The van der Waals surface area contributed by atoms with E-state index in [1.165, 1.54) is 0 Å². The standard InChI is InChI=1S/C18H23N3O3/c1-23-16-7-2-3-8-17(16)24-13-9-18(22)21-12-4-6-15(21)14-20-11-5-10-19-20/h2-3,5,7-8,10-11,15H,4,6,9,12-14H2,1H3/t15-/m0/s1. The van der Waals surface area contributed by atoms with Crippen LogP contribution < -0.4 is 9.47 Å². The molecule has 2 heterocycles. The Kier molecular flexibility index (Phi) is 5.36. The summed E-state index contributed by atoms with van der Waals surface area (Å²) in [4.78, 5) is 14.5. The minimum atomic E-state index is 0.138. The molecule has 3 rings (SSSR count). The number of amides is 1. The van der Waals surface area contributed by atoms with Crippen molar-refractivity contribution >= 4 is 5.91 Å². The zero-order valence-electron chi connectivity index (χ0n) is 13.9. The predicted octanol–water partition coefficient (Wildman–Crippen LogP) is 2.35. The molecule has 0 unspecified atom stereocenters. The highest BCUT2D eigenvalue weighted by Crippen LogP contribution is 2.26. The maximum Gasteiger partial charge on any atom is 0.226 e. The van der Waals surface area contributed by atoms with Crippen LogP contribution in [0.3, 0.4) is 0 Å². The van der Waals surface area contributed by atoms with Gasteiger partial charge in [-0.3, -0.25) is 9.48 Å². The quantitative estimate of drug-likeness (QED) is 0.782. The van der Waals surface area contributed by atoms with Gasteiger partial charge in [0.25, 0.3) is 0 Å². The first kappa shape index (κ1) is 16.4. The summed E-state index contributed by atoms with van der Waals surface area (Å²) in [5, 5.41) is 4.23. The van der Waals surface area contributed by atoms with Gasteiger partial charge in [-0.05, 0) is 31.0 Å². The molecular formula is C18H23N3O3. The highest BCUT2D eigenvalue weighted by molar-refractivity contribution is 5.77. The molecule has 1 fully saturated rings. The summed E-state index contributed by atoms with van der Waals surface area (Å²) < 4.78 is 12.8. The molecule has 1 saturated heterocycles. The second-order valence-corrected chi connectivity index (χ2v) is 5.86. The SMILES string of the molecule is COc1ccccc1OCCC(=O)N1CCC[C@H]1Cn1cccn1. The van der Waals surface area contributed by atoms with Gasteiger partial charge in [0, 0.05) is 18.9 Å². The van der Waals surface area contributed by atoms with Crippen molar-refractivity contribution in [2.24, 2.45) is 0 Å². The van der Waals surface area contributed by atoms with E-state index < -0.39 is 0 Å². The molecule has 24 heavy (non-hydrogen) atoms. The van der Waals surface area contributed by atoms with Crippen LogP contribution in [-0.4, -0.2) is 46.9 Å². The Morgan fingerprint density at radius 1 is 1.29 bits per heavy atom. The number of aromatic nitrogens is 2. The fourth-order valence-corrected chi connectivity index (χ4v) is 3.11. The van der Waals surface area contributed by atoms with Crippen molar-refractivity contribution in [3.8, 4) is 11.5 Å². The van der Waals surface area contributed by atoms with Gasteiger partial charge in [-0.1, -0.05) is 12.1 Å². The average Bonchev–Trinajstić information content (AvgIpc) is 3.27. The van der Waals surface area contributed by atoms with E-state index in [4.69, 9.17) is 9.47 Å². The van der Waals surface area contributed by atoms with Crippen LogP contribution in [-0.2, 0) is 11.3 Å². The molecule has 0 N–H and O–H groups in total. The molecule has 1 atom stereocenters. The van der Waals surface area contributed by atoms with Crippen LogP contribution in [0.25, 0.3) is 0 Å². The molecule has 2 aromatic rings. The number of para-hydroxylation sites is 2. The van der Waals surface area contributed by atoms with Crippen LogP contribution in [0, 0.1) is 0 Å². The number of likely N-dealkylation sites (tertiary alicyclic amines) is 1. The van der Waals surface area contributed by atoms with Gasteiger partial charge in [-0.2, -0.15) is 5.10 Å². The Balaban J connectivity index is 1.50. The van der Waals surface area contributed by atoms with Crippen molar-refractivity contribution in [2.45, 2.75) is 31.8 Å². The van der Waals surface area contributed by atoms with Crippen molar-refractivity contribution in [1.82, 2.24) is 14.7 Å². The third-order valence-electron chi connectivity index (χ3n) is 4.30. The Labute approximate surface area is 142 Å². The molecule has 6 nitrogen and oxygen atoms in total. The number of ether oxygens (including phenoxy) is 2. The van der Waals surface area contributed by atoms with E-state index in [0.29, 0.717) is 24.5 Å². The molecule has 0 saturated carbocycles. The monoisotopic (exact) mass is 329 g/mol. The topological polar surface area (TPSA) is 56.6 Å². The van der Waals surface area contributed by atoms with E-state index in [-0.39, 0.29) is 11.9 Å². The average molecular weight is 329 g/mol. The van der Waals surface area contributed by atoms with Crippen LogP contribution in [0.15, 0.2) is 42.7 Å². The summed E-state index contributed by atoms with van der Waals surface area (Å²) in [6.07, 6.45) is 6.14. The van der Waals surface area contributed by atoms with Gasteiger partial charge >= 0.3 is 0 Å². The molecule has 0 aliphatic carbocycles. The number of carbonyl (C=O) groups is 1. The van der Waals surface area contributed by atoms with Crippen molar-refractivity contribution in [2.75, 3.05) is 20.3 Å². The molecule has 0 radical (unpaired) electrons. The first-order valence-corrected chi connectivity index (χ1v) is 8.30. The van der Waals surface area contributed by atoms with E-state index in [1.54, 1.807) is 13.3 Å². The zero-order chi connectivity index (χ0) is 16.8. The predicted molar refractivity (Wildman–Crippen MR) is 90.1 cm³/mol. The maximum absolute atomic E-state index is 12.5. The highest BCUT2D eigenvalue weighted by atomic mass is 16.5. The second-order valence-electron chi connectivity index (χ2n) is 5.86. The third kappa shape index (κ3) is 3.88. The number of hydrogen-bond donors (Lipinski definition) is 0. The third-order valence-corrected chi connectivity index (χ3v) is 4.30. The molecule has 1 aliphatic rings. The van der Waals surface area contributed by atoms with Crippen molar-refractivity contribution in [1.29, 1.82) is 0 Å². The van der Waals surface area contributed by atoms with E-state index in [0.717, 1.165) is 25.9 Å². The van der Waals surface area contributed by atoms with Crippen LogP contribution >= 0.6 is 0 Å². The van der Waals surface area contributed by atoms with Gasteiger partial charge in [0.05, 0.1) is 32.7 Å². The van der Waals surface area contributed by atoms with E-state index in [9.17, 15) is 4.79 Å². The number of methoxy groups -OCH3 is 1. The molecule has 0 bridgehead atoms. The maximum atomic E-state index is 12.5. The van der Waals surface area contributed by atoms with E-state index in [1.807, 2.05) is 46.1 Å². The first-order valence-electron chi connectivity index (χ1n) is 8.30. The zero-order valence-corrected chi connectivity index (χ0v) is 13.9. The van der Waals surface area contributed by atoms with E-state index >= 15 is 0 Å². The highest BCUT2D eigenvalue weighted by Gasteiger charge is 2.28. The normalized spacial score (nSPS) is 17.0. The summed E-state index contributed by atoms with van der Waals surface area (Å²) in [5.41, 5.74) is 0. The number of benzene rings is 1. The van der Waals surface area contributed by atoms with Gasteiger partial charge in [-0.15, -0.1) is 0 Å². The van der Waals surface area contributed by atoms with E-state index in [2.05, 4.69) is 5.10 Å². The summed E-state index contributed by atoms with van der Waals surface area (Å²) in [6.45, 7) is 1.93. The molecule has 1 aromatic carbocycles. The van der Waals surface area contributed by atoms with Crippen LogP contribution in [0.5, 0.6) is 11.5 Å². The minimum Gasteiger partial charge on any atom is -0.493 e. The summed E-state index contributed by atoms with van der Waals surface area (Å²) >= 11 is 0. The van der Waals surface area contributed by atoms with Gasteiger partial charge in [0.15, 0.2) is 11.5 Å². The Bertz CT molecular complexity index is 657. The molecular weight excluding hydrogens is 306 g/mol. The van der Waals surface area contributed by atoms with Crippen molar-refractivity contribution in [3.05, 3.63) is 42.7 Å². The Morgan fingerprint density at radius 2 is 2.12 bits per heavy atom. The van der Waals surface area contributed by atoms with Gasteiger partial charge in [0.1, 0.15) is 0 Å². The summed E-state index contributed by atoms with van der Waals surface area (Å²) in [7, 11) is 1.61. The number of hydrogen-bond acceptors (Lipinski definition) is 4. The lowest BCUT2D eigenvalue weighted by Crippen LogP contribution is -2.38. The second kappa shape index (κ2) is 7.86. The molecule has 1 aromatic heterocycles. The van der Waals surface area contributed by atoms with Crippen LogP contribution in [0.2, 0.25) is 0 Å². The molecule has 128 valence electrons. The summed E-state index contributed by atoms with van der Waals surface area (Å²) in [6, 6.07) is 9.60. The lowest BCUT2D eigenvalue weighted by atomic mass is 10.2. The van der Waals surface area contributed by atoms with Crippen LogP contribution in [0.1, 0.15) is 19.3 Å². The fraction of sp³-hybridized carbons (Fsp3) is 0.444. The summed E-state index contributed by atoms with van der Waals surface area (Å²) in [5.74, 6) is 1.49. The first-order chi connectivity index (χ1) is 11.8. The van der Waals surface area contributed by atoms with Gasteiger partial charge in [0.2, 0.25) is 5.91 Å². The number of rotatable bonds is 7. The molecule has 0 spiro atoms. The van der Waals surface area contributed by atoms with Crippen molar-refractivity contribution in [3.63, 3.8) is 0 Å². The van der Waals surface area contributed by atoms with Crippen molar-refractivity contribution < 1.29 is 14.3 Å². The molecule has 6 heteroatoms. The molecule has 1 aliphatic heterocycles. The Hall–Kier alpha value is -2.50. The smallest absolute Gasteiger partial charge is 0.226 e. The minimum absolute atomic E-state index is 0.138.